The highest BCUT2D eigenvalue weighted by atomic mass is 35.5. The van der Waals surface area contributed by atoms with E-state index in [1.807, 2.05) is 25.1 Å². The van der Waals surface area contributed by atoms with Gasteiger partial charge in [0.15, 0.2) is 0 Å². The Balaban J connectivity index is 2.20. The first-order chi connectivity index (χ1) is 8.95. The van der Waals surface area contributed by atoms with E-state index in [0.717, 1.165) is 16.7 Å². The summed E-state index contributed by atoms with van der Waals surface area (Å²) < 4.78 is 0. The van der Waals surface area contributed by atoms with E-state index in [4.69, 9.17) is 11.6 Å². The monoisotopic (exact) mass is 274 g/mol. The van der Waals surface area contributed by atoms with Gasteiger partial charge in [-0.2, -0.15) is 0 Å². The topological polar surface area (TPSA) is 20.2 Å². The number of aliphatic hydroxyl groups is 1. The lowest BCUT2D eigenvalue weighted by molar-refractivity contribution is 0.178. The van der Waals surface area contributed by atoms with Gasteiger partial charge in [-0.3, -0.25) is 0 Å². The summed E-state index contributed by atoms with van der Waals surface area (Å²) in [5, 5.41) is 11.0. The summed E-state index contributed by atoms with van der Waals surface area (Å²) in [6.07, 6.45) is 0.0985. The first-order valence-corrected chi connectivity index (χ1v) is 6.85. The van der Waals surface area contributed by atoms with Gasteiger partial charge in [0.25, 0.3) is 0 Å². The minimum absolute atomic E-state index is 0.515. The van der Waals surface area contributed by atoms with Crippen LogP contribution in [0.3, 0.4) is 0 Å². The van der Waals surface area contributed by atoms with Crippen molar-refractivity contribution >= 4 is 11.6 Å². The second kappa shape index (κ2) is 5.77. The third kappa shape index (κ3) is 3.59. The van der Waals surface area contributed by atoms with Gasteiger partial charge in [-0.05, 0) is 43.5 Å². The zero-order valence-electron chi connectivity index (χ0n) is 11.6. The zero-order chi connectivity index (χ0) is 14.0. The summed E-state index contributed by atoms with van der Waals surface area (Å²) in [4.78, 5) is 0. The molecule has 0 aromatic heterocycles. The second-order valence-electron chi connectivity index (χ2n) is 5.22. The number of benzene rings is 2. The molecule has 1 N–H and O–H groups in total. The van der Waals surface area contributed by atoms with E-state index >= 15 is 0 Å². The maximum atomic E-state index is 10.3. The first-order valence-electron chi connectivity index (χ1n) is 6.47. The van der Waals surface area contributed by atoms with Gasteiger partial charge in [-0.15, -0.1) is 0 Å². The van der Waals surface area contributed by atoms with Gasteiger partial charge in [0, 0.05) is 11.4 Å². The quantitative estimate of drug-likeness (QED) is 0.871. The van der Waals surface area contributed by atoms with Crippen molar-refractivity contribution in [2.45, 2.75) is 33.3 Å². The average Bonchev–Trinajstić information content (AvgIpc) is 2.31. The lowest BCUT2D eigenvalue weighted by Gasteiger charge is -2.13. The minimum Gasteiger partial charge on any atom is -0.388 e. The zero-order valence-corrected chi connectivity index (χ0v) is 12.3. The molecule has 19 heavy (non-hydrogen) atoms. The SMILES string of the molecule is Cc1cc(C)cc(CC(O)c2ccc(C)c(Cl)c2)c1. The van der Waals surface area contributed by atoms with E-state index in [2.05, 4.69) is 32.0 Å². The summed E-state index contributed by atoms with van der Waals surface area (Å²) in [7, 11) is 0. The highest BCUT2D eigenvalue weighted by molar-refractivity contribution is 6.31. The Kier molecular flexibility index (Phi) is 4.28. The van der Waals surface area contributed by atoms with Crippen molar-refractivity contribution in [3.05, 3.63) is 69.2 Å². The van der Waals surface area contributed by atoms with E-state index < -0.39 is 6.10 Å². The van der Waals surface area contributed by atoms with Gasteiger partial charge in [-0.1, -0.05) is 53.1 Å². The summed E-state index contributed by atoms with van der Waals surface area (Å²) in [5.74, 6) is 0. The van der Waals surface area contributed by atoms with Crippen molar-refractivity contribution in [3.8, 4) is 0 Å². The van der Waals surface area contributed by atoms with Crippen LogP contribution < -0.4 is 0 Å². The van der Waals surface area contributed by atoms with Crippen molar-refractivity contribution in [1.82, 2.24) is 0 Å². The molecule has 2 aromatic carbocycles. The fourth-order valence-electron chi connectivity index (χ4n) is 2.34. The molecular weight excluding hydrogens is 256 g/mol. The second-order valence-corrected chi connectivity index (χ2v) is 5.63. The van der Waals surface area contributed by atoms with E-state index in [1.54, 1.807) is 0 Å². The summed E-state index contributed by atoms with van der Waals surface area (Å²) in [5.41, 5.74) is 5.51. The number of halogens is 1. The van der Waals surface area contributed by atoms with E-state index in [1.165, 1.54) is 11.1 Å². The van der Waals surface area contributed by atoms with Crippen LogP contribution in [0.1, 0.15) is 33.9 Å². The molecule has 1 atom stereocenters. The largest absolute Gasteiger partial charge is 0.388 e. The van der Waals surface area contributed by atoms with Crippen molar-refractivity contribution in [3.63, 3.8) is 0 Å². The third-order valence-electron chi connectivity index (χ3n) is 3.29. The van der Waals surface area contributed by atoms with Gasteiger partial charge in [0.1, 0.15) is 0 Å². The number of hydrogen-bond acceptors (Lipinski definition) is 1. The van der Waals surface area contributed by atoms with E-state index in [-0.39, 0.29) is 0 Å². The van der Waals surface area contributed by atoms with Crippen molar-refractivity contribution in [2.24, 2.45) is 0 Å². The van der Waals surface area contributed by atoms with Gasteiger partial charge in [0.2, 0.25) is 0 Å². The van der Waals surface area contributed by atoms with Crippen LogP contribution in [0.4, 0.5) is 0 Å². The third-order valence-corrected chi connectivity index (χ3v) is 3.70. The molecule has 1 unspecified atom stereocenters. The lowest BCUT2D eigenvalue weighted by Crippen LogP contribution is -2.02. The molecule has 2 aromatic rings. The van der Waals surface area contributed by atoms with Crippen LogP contribution in [0.15, 0.2) is 36.4 Å². The van der Waals surface area contributed by atoms with Gasteiger partial charge in [-0.25, -0.2) is 0 Å². The predicted octanol–water partition coefficient (Wildman–Crippen LogP) is 4.54. The van der Waals surface area contributed by atoms with Crippen LogP contribution >= 0.6 is 11.6 Å². The molecule has 0 heterocycles. The molecular formula is C17H19ClO. The molecule has 0 aliphatic heterocycles. The fraction of sp³-hybridized carbons (Fsp3) is 0.294. The number of rotatable bonds is 3. The molecule has 2 rings (SSSR count). The Morgan fingerprint density at radius 2 is 1.63 bits per heavy atom. The molecule has 0 bridgehead atoms. The number of hydrogen-bond donors (Lipinski definition) is 1. The molecule has 0 amide bonds. The Bertz CT molecular complexity index is 570. The Morgan fingerprint density at radius 1 is 1.00 bits per heavy atom. The van der Waals surface area contributed by atoms with E-state index in [0.29, 0.717) is 11.4 Å². The molecule has 0 fully saturated rings. The maximum Gasteiger partial charge on any atom is 0.0830 e. The average molecular weight is 275 g/mol. The van der Waals surface area contributed by atoms with Crippen LogP contribution in [-0.2, 0) is 6.42 Å². The van der Waals surface area contributed by atoms with Crippen LogP contribution in [0.2, 0.25) is 5.02 Å². The highest BCUT2D eigenvalue weighted by Crippen LogP contribution is 2.24. The standard InChI is InChI=1S/C17H19ClO/c1-11-6-12(2)8-14(7-11)9-17(19)15-5-4-13(3)16(18)10-15/h4-8,10,17,19H,9H2,1-3H3. The Hall–Kier alpha value is -1.31. The Morgan fingerprint density at radius 3 is 2.21 bits per heavy atom. The summed E-state index contributed by atoms with van der Waals surface area (Å²) in [6, 6.07) is 12.1. The summed E-state index contributed by atoms with van der Waals surface area (Å²) in [6.45, 7) is 6.11. The summed E-state index contributed by atoms with van der Waals surface area (Å²) >= 11 is 6.10. The van der Waals surface area contributed by atoms with Crippen LogP contribution in [0.5, 0.6) is 0 Å². The number of aliphatic hydroxyl groups excluding tert-OH is 1. The maximum absolute atomic E-state index is 10.3. The molecule has 0 aliphatic carbocycles. The van der Waals surface area contributed by atoms with Crippen LogP contribution in [-0.4, -0.2) is 5.11 Å². The van der Waals surface area contributed by atoms with Gasteiger partial charge >= 0.3 is 0 Å². The normalized spacial score (nSPS) is 12.5. The van der Waals surface area contributed by atoms with Gasteiger partial charge in [0.05, 0.1) is 6.10 Å². The lowest BCUT2D eigenvalue weighted by atomic mass is 9.98. The smallest absolute Gasteiger partial charge is 0.0830 e. The number of aryl methyl sites for hydroxylation is 3. The molecule has 0 saturated heterocycles. The van der Waals surface area contributed by atoms with Crippen molar-refractivity contribution < 1.29 is 5.11 Å². The molecule has 2 heteroatoms. The molecule has 0 aliphatic rings. The van der Waals surface area contributed by atoms with Gasteiger partial charge < -0.3 is 5.11 Å². The van der Waals surface area contributed by atoms with Crippen LogP contribution in [0, 0.1) is 20.8 Å². The predicted molar refractivity (Wildman–Crippen MR) is 80.8 cm³/mol. The van der Waals surface area contributed by atoms with Crippen molar-refractivity contribution in [1.29, 1.82) is 0 Å². The fourth-order valence-corrected chi connectivity index (χ4v) is 2.53. The molecule has 0 radical (unpaired) electrons. The highest BCUT2D eigenvalue weighted by Gasteiger charge is 2.10. The van der Waals surface area contributed by atoms with E-state index in [9.17, 15) is 5.11 Å². The molecule has 1 nitrogen and oxygen atoms in total. The van der Waals surface area contributed by atoms with Crippen molar-refractivity contribution in [2.75, 3.05) is 0 Å². The molecule has 100 valence electrons. The first kappa shape index (κ1) is 14.1. The molecule has 0 saturated carbocycles. The molecule has 0 spiro atoms. The Labute approximate surface area is 119 Å². The van der Waals surface area contributed by atoms with Crippen LogP contribution in [0.25, 0.3) is 0 Å². The minimum atomic E-state index is -0.515.